The largest absolute Gasteiger partial charge is 0.425 e. The third kappa shape index (κ3) is 3.25. The van der Waals surface area contributed by atoms with E-state index in [2.05, 4.69) is 0 Å². The lowest BCUT2D eigenvalue weighted by Gasteiger charge is -2.34. The molecule has 0 aromatic carbocycles. The highest BCUT2D eigenvalue weighted by Crippen LogP contribution is 2.47. The zero-order valence-electron chi connectivity index (χ0n) is 15.3. The molecule has 1 atom stereocenters. The Bertz CT molecular complexity index is 636. The van der Waals surface area contributed by atoms with Gasteiger partial charge in [-0.15, -0.1) is 0 Å². The maximum absolute atomic E-state index is 14.1. The van der Waals surface area contributed by atoms with Gasteiger partial charge in [0.05, 0.1) is 5.57 Å². The second-order valence-corrected chi connectivity index (χ2v) is 7.03. The monoisotopic (exact) mass is 374 g/mol. The smallest absolute Gasteiger partial charge is 0.330 e. The van der Waals surface area contributed by atoms with Gasteiger partial charge in [-0.1, -0.05) is 26.2 Å². The highest BCUT2D eigenvalue weighted by molar-refractivity contribution is 6.12. The minimum Gasteiger partial charge on any atom is -0.330 e. The van der Waals surface area contributed by atoms with Gasteiger partial charge in [0, 0.05) is 18.2 Å². The normalized spacial score (nSPS) is 24.5. The molecule has 146 valence electrons. The van der Waals surface area contributed by atoms with E-state index in [0.29, 0.717) is 25.7 Å². The summed E-state index contributed by atoms with van der Waals surface area (Å²) in [6, 6.07) is -0.367. The van der Waals surface area contributed by atoms with Gasteiger partial charge in [0.25, 0.3) is 5.91 Å². The van der Waals surface area contributed by atoms with Crippen LogP contribution in [0.1, 0.15) is 65.7 Å². The summed E-state index contributed by atoms with van der Waals surface area (Å²) < 4.78 is 42.4. The average Bonchev–Trinajstić information content (AvgIpc) is 3.10. The number of hydrogen-bond donors (Lipinski definition) is 1. The Morgan fingerprint density at radius 1 is 1.27 bits per heavy atom. The van der Waals surface area contributed by atoms with Gasteiger partial charge in [-0.05, 0) is 33.1 Å². The van der Waals surface area contributed by atoms with Gasteiger partial charge in [0.1, 0.15) is 0 Å². The first-order valence-electron chi connectivity index (χ1n) is 9.01. The first-order valence-corrected chi connectivity index (χ1v) is 9.01. The summed E-state index contributed by atoms with van der Waals surface area (Å²) >= 11 is 0. The molecule has 0 aromatic heterocycles. The predicted octanol–water partition coefficient (Wildman–Crippen LogP) is 3.24. The Hall–Kier alpha value is -1.86. The van der Waals surface area contributed by atoms with Crippen LogP contribution in [0.25, 0.3) is 0 Å². The number of amides is 2. The van der Waals surface area contributed by atoms with Gasteiger partial charge in [-0.2, -0.15) is 13.2 Å². The molecule has 26 heavy (non-hydrogen) atoms. The third-order valence-corrected chi connectivity index (χ3v) is 5.19. The minimum atomic E-state index is -5.11. The van der Waals surface area contributed by atoms with Crippen molar-refractivity contribution in [2.24, 2.45) is 0 Å². The number of nitrogens with zero attached hydrogens (tertiary/aromatic N) is 1. The Morgan fingerprint density at radius 3 is 2.31 bits per heavy atom. The van der Waals surface area contributed by atoms with Crippen LogP contribution in [0.4, 0.5) is 13.2 Å². The van der Waals surface area contributed by atoms with Crippen LogP contribution in [0, 0.1) is 0 Å². The molecule has 1 aliphatic heterocycles. The van der Waals surface area contributed by atoms with Crippen molar-refractivity contribution in [3.8, 4) is 0 Å². The molecule has 1 aliphatic carbocycles. The lowest BCUT2D eigenvalue weighted by atomic mass is 9.86. The Kier molecular flexibility index (Phi) is 5.82. The van der Waals surface area contributed by atoms with Gasteiger partial charge >= 0.3 is 6.18 Å². The van der Waals surface area contributed by atoms with Gasteiger partial charge < -0.3 is 10.2 Å². The third-order valence-electron chi connectivity index (χ3n) is 5.19. The molecule has 0 spiro atoms. The number of alkyl halides is 3. The number of carbonyl (C=O) groups excluding carboxylic acids is 3. The van der Waals surface area contributed by atoms with E-state index in [1.165, 1.54) is 6.92 Å². The summed E-state index contributed by atoms with van der Waals surface area (Å²) in [5.41, 5.74) is -3.94. The number of Topliss-reactive ketones (excluding diaryl/α,β-unsaturated/α-hetero) is 1. The maximum Gasteiger partial charge on any atom is 0.425 e. The molecule has 1 N–H and O–H groups in total. The molecular weight excluding hydrogens is 349 g/mol. The van der Waals surface area contributed by atoms with E-state index >= 15 is 0 Å². The minimum absolute atomic E-state index is 0.00233. The summed E-state index contributed by atoms with van der Waals surface area (Å²) in [5, 5.41) is 1.90. The van der Waals surface area contributed by atoms with Crippen molar-refractivity contribution in [2.75, 3.05) is 0 Å². The van der Waals surface area contributed by atoms with Crippen molar-refractivity contribution < 1.29 is 27.6 Å². The van der Waals surface area contributed by atoms with E-state index in [1.54, 1.807) is 6.92 Å². The zero-order chi connectivity index (χ0) is 19.7. The standard InChI is InChI=1S/C18H25F3N2O3/c1-4-5-10-14(25)22-17(18(19,20)21)15(12(3)24)11(2)23(16(17)26)13-8-6-7-9-13/h13H,4-10H2,1-3H3,(H,22,25)/t17-/m0/s1. The molecule has 0 bridgehead atoms. The van der Waals surface area contributed by atoms with Crippen molar-refractivity contribution in [3.63, 3.8) is 0 Å². The Labute approximate surface area is 151 Å². The highest BCUT2D eigenvalue weighted by atomic mass is 19.4. The van der Waals surface area contributed by atoms with Crippen molar-refractivity contribution in [1.82, 2.24) is 10.2 Å². The molecule has 0 saturated heterocycles. The Morgan fingerprint density at radius 2 is 1.85 bits per heavy atom. The maximum atomic E-state index is 14.1. The van der Waals surface area contributed by atoms with Crippen molar-refractivity contribution in [3.05, 3.63) is 11.3 Å². The van der Waals surface area contributed by atoms with Gasteiger partial charge in [0.2, 0.25) is 11.4 Å². The van der Waals surface area contributed by atoms with Crippen LogP contribution in [-0.2, 0) is 14.4 Å². The molecule has 2 aliphatic rings. The lowest BCUT2D eigenvalue weighted by molar-refractivity contribution is -0.195. The summed E-state index contributed by atoms with van der Waals surface area (Å²) in [7, 11) is 0. The second-order valence-electron chi connectivity index (χ2n) is 7.03. The van der Waals surface area contributed by atoms with Gasteiger partial charge in [-0.3, -0.25) is 14.4 Å². The molecular formula is C18H25F3N2O3. The average molecular weight is 374 g/mol. The van der Waals surface area contributed by atoms with Crippen LogP contribution in [0.15, 0.2) is 11.3 Å². The SMILES string of the molecule is CCCCC(=O)N[C@]1(C(F)(F)F)C(=O)N(C2CCCC2)C(C)=C1C(C)=O. The number of carbonyl (C=O) groups is 3. The molecule has 1 heterocycles. The molecule has 0 radical (unpaired) electrons. The van der Waals surface area contributed by atoms with Crippen molar-refractivity contribution in [2.45, 2.75) is 83.5 Å². The molecule has 2 amide bonds. The van der Waals surface area contributed by atoms with Crippen LogP contribution in [0.5, 0.6) is 0 Å². The van der Waals surface area contributed by atoms with Crippen LogP contribution >= 0.6 is 0 Å². The van der Waals surface area contributed by atoms with Crippen molar-refractivity contribution in [1.29, 1.82) is 0 Å². The number of hydrogen-bond acceptors (Lipinski definition) is 3. The van der Waals surface area contributed by atoms with Crippen molar-refractivity contribution >= 4 is 17.6 Å². The summed E-state index contributed by atoms with van der Waals surface area (Å²) in [5.74, 6) is -2.99. The molecule has 0 unspecified atom stereocenters. The topological polar surface area (TPSA) is 66.5 Å². The first kappa shape index (κ1) is 20.5. The number of nitrogens with one attached hydrogen (secondary N) is 1. The lowest BCUT2D eigenvalue weighted by Crippen LogP contribution is -2.66. The number of halogens is 3. The quantitative estimate of drug-likeness (QED) is 0.776. The van der Waals surface area contributed by atoms with Crippen LogP contribution in [-0.4, -0.2) is 40.3 Å². The molecule has 1 fully saturated rings. The van der Waals surface area contributed by atoms with E-state index in [0.717, 1.165) is 24.7 Å². The van der Waals surface area contributed by atoms with Gasteiger partial charge in [-0.25, -0.2) is 0 Å². The first-order chi connectivity index (χ1) is 12.1. The van der Waals surface area contributed by atoms with Crippen LogP contribution in [0.2, 0.25) is 0 Å². The van der Waals surface area contributed by atoms with E-state index in [9.17, 15) is 27.6 Å². The molecule has 0 aromatic rings. The number of unbranched alkanes of at least 4 members (excludes halogenated alkanes) is 1. The molecule has 8 heteroatoms. The summed E-state index contributed by atoms with van der Waals surface area (Å²) in [6.45, 7) is 4.17. The zero-order valence-corrected chi connectivity index (χ0v) is 15.3. The number of ketones is 1. The highest BCUT2D eigenvalue weighted by Gasteiger charge is 2.70. The Balaban J connectivity index is 2.55. The molecule has 2 rings (SSSR count). The predicted molar refractivity (Wildman–Crippen MR) is 88.9 cm³/mol. The summed E-state index contributed by atoms with van der Waals surface area (Å²) in [6.07, 6.45) is -1.39. The molecule has 5 nitrogen and oxygen atoms in total. The fourth-order valence-corrected chi connectivity index (χ4v) is 4.01. The fourth-order valence-electron chi connectivity index (χ4n) is 4.01. The number of allylic oxidation sites excluding steroid dienone is 1. The van der Waals surface area contributed by atoms with E-state index in [1.807, 2.05) is 5.32 Å². The van der Waals surface area contributed by atoms with E-state index in [4.69, 9.17) is 0 Å². The number of rotatable bonds is 6. The summed E-state index contributed by atoms with van der Waals surface area (Å²) in [4.78, 5) is 38.4. The fraction of sp³-hybridized carbons (Fsp3) is 0.722. The van der Waals surface area contributed by atoms with E-state index < -0.39 is 34.9 Å². The van der Waals surface area contributed by atoms with Gasteiger partial charge in [0.15, 0.2) is 5.78 Å². The molecule has 1 saturated carbocycles. The van der Waals surface area contributed by atoms with Crippen LogP contribution in [0.3, 0.4) is 0 Å². The van der Waals surface area contributed by atoms with E-state index in [-0.39, 0.29) is 18.2 Å². The van der Waals surface area contributed by atoms with Crippen LogP contribution < -0.4 is 5.32 Å². The second kappa shape index (κ2) is 7.40.